The van der Waals surface area contributed by atoms with E-state index < -0.39 is 5.91 Å². The summed E-state index contributed by atoms with van der Waals surface area (Å²) in [6.45, 7) is 0.142. The van der Waals surface area contributed by atoms with Crippen molar-refractivity contribution >= 4 is 23.5 Å². The molecule has 3 aromatic rings. The lowest BCUT2D eigenvalue weighted by molar-refractivity contribution is 0.0947. The fraction of sp³-hybridized carbons (Fsp3) is 0.0625. The van der Waals surface area contributed by atoms with Crippen LogP contribution in [0.2, 0.25) is 0 Å². The molecule has 0 fully saturated rings. The van der Waals surface area contributed by atoms with Crippen LogP contribution in [-0.2, 0) is 0 Å². The van der Waals surface area contributed by atoms with E-state index in [1.54, 1.807) is 18.2 Å². The van der Waals surface area contributed by atoms with Crippen molar-refractivity contribution in [3.05, 3.63) is 54.1 Å². The number of carbonyl (C=O) groups is 1. The molecule has 1 aromatic heterocycles. The van der Waals surface area contributed by atoms with Crippen LogP contribution in [0.5, 0.6) is 11.5 Å². The first-order valence-electron chi connectivity index (χ1n) is 7.20. The third-order valence-electron chi connectivity index (χ3n) is 3.47. The van der Waals surface area contributed by atoms with E-state index in [-0.39, 0.29) is 18.7 Å². The minimum Gasteiger partial charge on any atom is -0.454 e. The van der Waals surface area contributed by atoms with Crippen LogP contribution in [0.15, 0.2) is 48.5 Å². The molecule has 120 valence electrons. The van der Waals surface area contributed by atoms with Crippen LogP contribution >= 0.6 is 0 Å². The predicted molar refractivity (Wildman–Crippen MR) is 86.5 cm³/mol. The summed E-state index contributed by atoms with van der Waals surface area (Å²) < 4.78 is 11.6. The highest BCUT2D eigenvalue weighted by atomic mass is 16.7. The summed E-state index contributed by atoms with van der Waals surface area (Å²) in [6, 6.07) is 14.3. The van der Waals surface area contributed by atoms with E-state index >= 15 is 0 Å². The lowest BCUT2D eigenvalue weighted by Crippen LogP contribution is -2.16. The smallest absolute Gasteiger partial charge is 0.281 e. The van der Waals surface area contributed by atoms with Crippen molar-refractivity contribution in [1.82, 2.24) is 14.8 Å². The van der Waals surface area contributed by atoms with E-state index in [1.807, 2.05) is 30.3 Å². The van der Waals surface area contributed by atoms with Crippen LogP contribution in [0.1, 0.15) is 10.4 Å². The van der Waals surface area contributed by atoms with E-state index in [0.29, 0.717) is 17.1 Å². The summed E-state index contributed by atoms with van der Waals surface area (Å²) in [7, 11) is 0. The van der Waals surface area contributed by atoms with Gasteiger partial charge in [0, 0.05) is 11.3 Å². The monoisotopic (exact) mass is 323 g/mol. The average Bonchev–Trinajstić information content (AvgIpc) is 3.20. The molecule has 24 heavy (non-hydrogen) atoms. The van der Waals surface area contributed by atoms with E-state index in [4.69, 9.17) is 15.2 Å². The Balaban J connectivity index is 1.61. The number of ether oxygens (including phenoxy) is 2. The summed E-state index contributed by atoms with van der Waals surface area (Å²) in [6.07, 6.45) is 0. The number of nitrogens with zero attached hydrogens (tertiary/aromatic N) is 3. The number of nitrogens with two attached hydrogens (primary N) is 1. The summed E-state index contributed by atoms with van der Waals surface area (Å²) in [5.74, 6) is 0.954. The van der Waals surface area contributed by atoms with Crippen LogP contribution < -0.4 is 20.5 Å². The number of hydrogen-bond donors (Lipinski definition) is 2. The van der Waals surface area contributed by atoms with E-state index in [2.05, 4.69) is 15.4 Å². The number of rotatable bonds is 3. The van der Waals surface area contributed by atoms with Crippen molar-refractivity contribution in [2.75, 3.05) is 17.8 Å². The molecular weight excluding hydrogens is 310 g/mol. The molecule has 0 bridgehead atoms. The van der Waals surface area contributed by atoms with Gasteiger partial charge in [0.1, 0.15) is 0 Å². The Morgan fingerprint density at radius 2 is 1.92 bits per heavy atom. The molecule has 8 nitrogen and oxygen atoms in total. The number of para-hydroxylation sites is 1. The predicted octanol–water partition coefficient (Wildman–Crippen LogP) is 2.02. The summed E-state index contributed by atoms with van der Waals surface area (Å²) >= 11 is 0. The molecule has 0 unspecified atom stereocenters. The Hall–Kier alpha value is -3.55. The number of aromatic nitrogens is 3. The van der Waals surface area contributed by atoms with Gasteiger partial charge in [0.15, 0.2) is 11.5 Å². The quantitative estimate of drug-likeness (QED) is 0.759. The fourth-order valence-corrected chi connectivity index (χ4v) is 2.33. The second-order valence-electron chi connectivity index (χ2n) is 5.07. The minimum atomic E-state index is -0.403. The maximum absolute atomic E-state index is 12.6. The van der Waals surface area contributed by atoms with Crippen molar-refractivity contribution < 1.29 is 14.3 Å². The first-order chi connectivity index (χ1) is 11.7. The number of nitrogen functional groups attached to an aromatic ring is 1. The molecule has 0 saturated carbocycles. The van der Waals surface area contributed by atoms with Crippen molar-refractivity contribution in [2.45, 2.75) is 0 Å². The molecule has 0 amide bonds. The molecule has 0 aliphatic carbocycles. The standard InChI is InChI=1S/C16H13N5O3/c17-15-19-16(18-11-4-2-1-3-5-11)20-21(15)14(22)10-6-7-12-13(8-10)24-9-23-12/h1-8H,9H2,(H3,17,18,19,20). The van der Waals surface area contributed by atoms with Crippen molar-refractivity contribution in [1.29, 1.82) is 0 Å². The lowest BCUT2D eigenvalue weighted by atomic mass is 10.2. The largest absolute Gasteiger partial charge is 0.454 e. The van der Waals surface area contributed by atoms with Gasteiger partial charge < -0.3 is 20.5 Å². The van der Waals surface area contributed by atoms with Gasteiger partial charge in [-0.25, -0.2) is 0 Å². The van der Waals surface area contributed by atoms with Gasteiger partial charge in [0.05, 0.1) is 0 Å². The normalized spacial score (nSPS) is 12.2. The SMILES string of the molecule is Nc1nc(Nc2ccccc2)nn1C(=O)c1ccc2c(c1)OCO2. The second-order valence-corrected chi connectivity index (χ2v) is 5.07. The molecule has 1 aliphatic heterocycles. The van der Waals surface area contributed by atoms with Gasteiger partial charge in [-0.2, -0.15) is 9.67 Å². The second kappa shape index (κ2) is 5.58. The van der Waals surface area contributed by atoms with Crippen molar-refractivity contribution in [3.63, 3.8) is 0 Å². The van der Waals surface area contributed by atoms with Gasteiger partial charge in [0.25, 0.3) is 5.91 Å². The van der Waals surface area contributed by atoms with Gasteiger partial charge in [-0.3, -0.25) is 4.79 Å². The zero-order chi connectivity index (χ0) is 16.5. The molecule has 8 heteroatoms. The molecule has 0 spiro atoms. The number of carbonyl (C=O) groups excluding carboxylic acids is 1. The number of nitrogens with one attached hydrogen (secondary N) is 1. The molecule has 0 radical (unpaired) electrons. The van der Waals surface area contributed by atoms with Crippen LogP contribution in [0.3, 0.4) is 0 Å². The van der Waals surface area contributed by atoms with Gasteiger partial charge in [-0.15, -0.1) is 5.10 Å². The minimum absolute atomic E-state index is 0.00361. The van der Waals surface area contributed by atoms with Gasteiger partial charge >= 0.3 is 0 Å². The summed E-state index contributed by atoms with van der Waals surface area (Å²) in [4.78, 5) is 16.7. The van der Waals surface area contributed by atoms with Gasteiger partial charge in [0.2, 0.25) is 18.7 Å². The molecule has 4 rings (SSSR count). The molecule has 3 N–H and O–H groups in total. The molecule has 0 saturated heterocycles. The fourth-order valence-electron chi connectivity index (χ4n) is 2.33. The molecule has 1 aliphatic rings. The van der Waals surface area contributed by atoms with E-state index in [0.717, 1.165) is 10.4 Å². The van der Waals surface area contributed by atoms with Crippen LogP contribution in [0.4, 0.5) is 17.6 Å². The Morgan fingerprint density at radius 3 is 2.75 bits per heavy atom. The number of fused-ring (bicyclic) bond motifs is 1. The zero-order valence-corrected chi connectivity index (χ0v) is 12.5. The Morgan fingerprint density at radius 1 is 1.12 bits per heavy atom. The summed E-state index contributed by atoms with van der Waals surface area (Å²) in [5.41, 5.74) is 6.99. The summed E-state index contributed by atoms with van der Waals surface area (Å²) in [5, 5.41) is 7.12. The maximum Gasteiger partial charge on any atom is 0.281 e. The van der Waals surface area contributed by atoms with Crippen molar-refractivity contribution in [2.24, 2.45) is 0 Å². The highest BCUT2D eigenvalue weighted by molar-refractivity contribution is 5.97. The molecule has 2 heterocycles. The third kappa shape index (κ3) is 2.50. The third-order valence-corrected chi connectivity index (χ3v) is 3.47. The molecular formula is C16H13N5O3. The zero-order valence-electron chi connectivity index (χ0n) is 12.5. The van der Waals surface area contributed by atoms with Crippen LogP contribution in [-0.4, -0.2) is 27.5 Å². The topological polar surface area (TPSA) is 104 Å². The highest BCUT2D eigenvalue weighted by Gasteiger charge is 2.20. The van der Waals surface area contributed by atoms with Crippen molar-refractivity contribution in [3.8, 4) is 11.5 Å². The first-order valence-corrected chi connectivity index (χ1v) is 7.20. The van der Waals surface area contributed by atoms with Crippen LogP contribution in [0, 0.1) is 0 Å². The Labute approximate surface area is 136 Å². The number of anilines is 3. The molecule has 0 atom stereocenters. The Kier molecular flexibility index (Phi) is 3.27. The number of hydrogen-bond acceptors (Lipinski definition) is 7. The van der Waals surface area contributed by atoms with Gasteiger partial charge in [-0.1, -0.05) is 18.2 Å². The van der Waals surface area contributed by atoms with Crippen LogP contribution in [0.25, 0.3) is 0 Å². The highest BCUT2D eigenvalue weighted by Crippen LogP contribution is 2.32. The van der Waals surface area contributed by atoms with E-state index in [1.165, 1.54) is 0 Å². The Bertz CT molecular complexity index is 907. The van der Waals surface area contributed by atoms with E-state index in [9.17, 15) is 4.79 Å². The number of benzene rings is 2. The first kappa shape index (κ1) is 14.1. The average molecular weight is 323 g/mol. The molecule has 2 aromatic carbocycles. The van der Waals surface area contributed by atoms with Gasteiger partial charge in [-0.05, 0) is 30.3 Å². The lowest BCUT2D eigenvalue weighted by Gasteiger charge is -2.03. The maximum atomic E-state index is 12.6.